The van der Waals surface area contributed by atoms with Crippen LogP contribution in [0.15, 0.2) is 12.4 Å². The molecule has 1 aromatic rings. The van der Waals surface area contributed by atoms with Gasteiger partial charge in [0.2, 0.25) is 0 Å². The van der Waals surface area contributed by atoms with Crippen LogP contribution in [0.3, 0.4) is 0 Å². The third-order valence-electron chi connectivity index (χ3n) is 4.46. The maximum Gasteiger partial charge on any atom is 0.0538 e. The molecule has 1 aliphatic carbocycles. The lowest BCUT2D eigenvalue weighted by Gasteiger charge is -2.38. The van der Waals surface area contributed by atoms with Gasteiger partial charge in [0.1, 0.15) is 0 Å². The number of hydrogen-bond acceptors (Lipinski definition) is 3. The standard InChI is InChI=1S/C15H28N4/c1-4-14(16)15(12-10-17-18(3)11-12)19(5-2)13-8-6-7-9-13/h10-11,13-15H,4-9,16H2,1-3H3. The molecule has 1 aliphatic rings. The monoisotopic (exact) mass is 264 g/mol. The van der Waals surface area contributed by atoms with Gasteiger partial charge in [-0.05, 0) is 25.8 Å². The van der Waals surface area contributed by atoms with E-state index in [1.807, 2.05) is 17.9 Å². The Balaban J connectivity index is 2.24. The Morgan fingerprint density at radius 3 is 2.58 bits per heavy atom. The molecule has 0 saturated heterocycles. The van der Waals surface area contributed by atoms with Crippen LogP contribution in [-0.2, 0) is 7.05 Å². The first-order valence-corrected chi connectivity index (χ1v) is 7.67. The van der Waals surface area contributed by atoms with Crippen molar-refractivity contribution in [1.82, 2.24) is 14.7 Å². The largest absolute Gasteiger partial charge is 0.326 e. The topological polar surface area (TPSA) is 47.1 Å². The first-order valence-electron chi connectivity index (χ1n) is 7.67. The van der Waals surface area contributed by atoms with Crippen LogP contribution in [0.25, 0.3) is 0 Å². The average Bonchev–Trinajstić information content (AvgIpc) is 3.06. The third-order valence-corrected chi connectivity index (χ3v) is 4.46. The minimum absolute atomic E-state index is 0.185. The average molecular weight is 264 g/mol. The van der Waals surface area contributed by atoms with Crippen molar-refractivity contribution in [1.29, 1.82) is 0 Å². The molecule has 0 amide bonds. The van der Waals surface area contributed by atoms with Crippen molar-refractivity contribution in [2.75, 3.05) is 6.54 Å². The number of likely N-dealkylation sites (N-methyl/N-ethyl adjacent to an activating group) is 1. The molecule has 0 radical (unpaired) electrons. The highest BCUT2D eigenvalue weighted by atomic mass is 15.3. The maximum absolute atomic E-state index is 6.42. The van der Waals surface area contributed by atoms with E-state index < -0.39 is 0 Å². The number of aromatic nitrogens is 2. The fraction of sp³-hybridized carbons (Fsp3) is 0.800. The molecule has 0 spiro atoms. The lowest BCUT2D eigenvalue weighted by atomic mass is 9.97. The molecular weight excluding hydrogens is 236 g/mol. The number of hydrogen-bond donors (Lipinski definition) is 1. The predicted molar refractivity (Wildman–Crippen MR) is 78.9 cm³/mol. The molecule has 2 N–H and O–H groups in total. The van der Waals surface area contributed by atoms with Crippen LogP contribution < -0.4 is 5.73 Å². The molecule has 0 bridgehead atoms. The normalized spacial score (nSPS) is 20.1. The van der Waals surface area contributed by atoms with Gasteiger partial charge in [-0.3, -0.25) is 9.58 Å². The Kier molecular flexibility index (Phi) is 4.99. The second-order valence-corrected chi connectivity index (χ2v) is 5.73. The zero-order valence-electron chi connectivity index (χ0n) is 12.5. The van der Waals surface area contributed by atoms with Gasteiger partial charge in [0.25, 0.3) is 0 Å². The highest BCUT2D eigenvalue weighted by Gasteiger charge is 2.32. The number of nitrogens with zero attached hydrogens (tertiary/aromatic N) is 3. The van der Waals surface area contributed by atoms with Crippen molar-refractivity contribution >= 4 is 0 Å². The van der Waals surface area contributed by atoms with Gasteiger partial charge in [-0.2, -0.15) is 5.10 Å². The van der Waals surface area contributed by atoms with Crippen LogP contribution in [-0.4, -0.2) is 33.3 Å². The van der Waals surface area contributed by atoms with Gasteiger partial charge < -0.3 is 5.73 Å². The minimum atomic E-state index is 0.185. The van der Waals surface area contributed by atoms with Crippen molar-refractivity contribution < 1.29 is 0 Å². The zero-order chi connectivity index (χ0) is 13.8. The Labute approximate surface area is 117 Å². The van der Waals surface area contributed by atoms with Crippen molar-refractivity contribution in [3.63, 3.8) is 0 Å². The van der Waals surface area contributed by atoms with Crippen molar-refractivity contribution in [2.45, 2.75) is 64.1 Å². The molecule has 108 valence electrons. The molecule has 2 atom stereocenters. The molecule has 1 fully saturated rings. The Morgan fingerprint density at radius 2 is 2.11 bits per heavy atom. The maximum atomic E-state index is 6.42. The Bertz CT molecular complexity index is 381. The van der Waals surface area contributed by atoms with E-state index in [0.29, 0.717) is 12.1 Å². The van der Waals surface area contributed by atoms with E-state index >= 15 is 0 Å². The molecule has 4 nitrogen and oxygen atoms in total. The number of rotatable bonds is 6. The van der Waals surface area contributed by atoms with Gasteiger partial charge in [-0.25, -0.2) is 0 Å². The van der Waals surface area contributed by atoms with E-state index in [-0.39, 0.29) is 6.04 Å². The summed E-state index contributed by atoms with van der Waals surface area (Å²) in [6.07, 6.45) is 10.5. The summed E-state index contributed by atoms with van der Waals surface area (Å²) in [5, 5.41) is 4.33. The first-order chi connectivity index (χ1) is 9.17. The van der Waals surface area contributed by atoms with Crippen LogP contribution in [0.5, 0.6) is 0 Å². The van der Waals surface area contributed by atoms with E-state index in [0.717, 1.165) is 13.0 Å². The molecule has 1 saturated carbocycles. The summed E-state index contributed by atoms with van der Waals surface area (Å²) in [7, 11) is 1.98. The zero-order valence-corrected chi connectivity index (χ0v) is 12.5. The first kappa shape index (κ1) is 14.5. The molecule has 4 heteroatoms. The van der Waals surface area contributed by atoms with Crippen LogP contribution in [0, 0.1) is 0 Å². The van der Waals surface area contributed by atoms with Crippen LogP contribution in [0.1, 0.15) is 57.6 Å². The summed E-state index contributed by atoms with van der Waals surface area (Å²) in [5.74, 6) is 0. The fourth-order valence-corrected chi connectivity index (χ4v) is 3.42. The van der Waals surface area contributed by atoms with Gasteiger partial charge in [0.05, 0.1) is 12.2 Å². The molecule has 0 aliphatic heterocycles. The molecule has 0 aromatic carbocycles. The van der Waals surface area contributed by atoms with Gasteiger partial charge in [0, 0.05) is 30.9 Å². The lowest BCUT2D eigenvalue weighted by Crippen LogP contribution is -2.45. The van der Waals surface area contributed by atoms with Crippen LogP contribution >= 0.6 is 0 Å². The van der Waals surface area contributed by atoms with Crippen LogP contribution in [0.4, 0.5) is 0 Å². The van der Waals surface area contributed by atoms with Crippen molar-refractivity contribution in [3.8, 4) is 0 Å². The summed E-state index contributed by atoms with van der Waals surface area (Å²) in [6.45, 7) is 5.50. The second-order valence-electron chi connectivity index (χ2n) is 5.73. The lowest BCUT2D eigenvalue weighted by molar-refractivity contribution is 0.121. The van der Waals surface area contributed by atoms with Gasteiger partial charge in [0.15, 0.2) is 0 Å². The number of aryl methyl sites for hydroxylation is 1. The van der Waals surface area contributed by atoms with Gasteiger partial charge in [-0.15, -0.1) is 0 Å². The quantitative estimate of drug-likeness (QED) is 0.858. The molecule has 2 unspecified atom stereocenters. The summed E-state index contributed by atoms with van der Waals surface area (Å²) in [4.78, 5) is 2.61. The molecule has 2 rings (SSSR count). The summed E-state index contributed by atoms with van der Waals surface area (Å²) >= 11 is 0. The van der Waals surface area contributed by atoms with E-state index in [4.69, 9.17) is 5.73 Å². The third kappa shape index (κ3) is 3.18. The minimum Gasteiger partial charge on any atom is -0.326 e. The van der Waals surface area contributed by atoms with E-state index in [9.17, 15) is 0 Å². The summed E-state index contributed by atoms with van der Waals surface area (Å²) in [5.41, 5.74) is 7.69. The smallest absolute Gasteiger partial charge is 0.0538 e. The van der Waals surface area contributed by atoms with Crippen LogP contribution in [0.2, 0.25) is 0 Å². The predicted octanol–water partition coefficient (Wildman–Crippen LogP) is 2.46. The second kappa shape index (κ2) is 6.53. The van der Waals surface area contributed by atoms with Crippen molar-refractivity contribution in [3.05, 3.63) is 18.0 Å². The fourth-order valence-electron chi connectivity index (χ4n) is 3.42. The Hall–Kier alpha value is -0.870. The van der Waals surface area contributed by atoms with Gasteiger partial charge >= 0.3 is 0 Å². The van der Waals surface area contributed by atoms with Crippen molar-refractivity contribution in [2.24, 2.45) is 12.8 Å². The molecule has 1 heterocycles. The summed E-state index contributed by atoms with van der Waals surface area (Å²) in [6, 6.07) is 1.20. The van der Waals surface area contributed by atoms with E-state index in [1.54, 1.807) is 0 Å². The molecule has 19 heavy (non-hydrogen) atoms. The van der Waals surface area contributed by atoms with E-state index in [2.05, 4.69) is 30.0 Å². The SMILES string of the molecule is CCC(N)C(c1cnn(C)c1)N(CC)C1CCCC1. The Morgan fingerprint density at radius 1 is 1.42 bits per heavy atom. The highest BCUT2D eigenvalue weighted by molar-refractivity contribution is 5.14. The summed E-state index contributed by atoms with van der Waals surface area (Å²) < 4.78 is 1.88. The van der Waals surface area contributed by atoms with E-state index in [1.165, 1.54) is 31.2 Å². The molecular formula is C15H28N4. The number of nitrogens with two attached hydrogens (primary N) is 1. The molecule has 1 aromatic heterocycles. The highest BCUT2D eigenvalue weighted by Crippen LogP contribution is 2.32. The van der Waals surface area contributed by atoms with Gasteiger partial charge in [-0.1, -0.05) is 26.7 Å².